The van der Waals surface area contributed by atoms with Crippen LogP contribution in [-0.4, -0.2) is 19.8 Å². The summed E-state index contributed by atoms with van der Waals surface area (Å²) >= 11 is 0. The van der Waals surface area contributed by atoms with Crippen molar-refractivity contribution in [1.82, 2.24) is 19.8 Å². The summed E-state index contributed by atoms with van der Waals surface area (Å²) in [6, 6.07) is 11.1. The Balaban J connectivity index is 1.75. The Morgan fingerprint density at radius 3 is 2.23 bits per heavy atom. The molecule has 0 unspecified atom stereocenters. The van der Waals surface area contributed by atoms with Crippen molar-refractivity contribution < 1.29 is 13.2 Å². The standard InChI is InChI=1S/C14H10F3N5/c15-14(16,17)13-19-18-11-5-6-12(20-22(11)13)21-7-9-3-1-2-4-10(9)8-21/h1-6H,7-8H2. The van der Waals surface area contributed by atoms with Crippen LogP contribution in [0, 0.1) is 0 Å². The third kappa shape index (κ3) is 1.99. The fourth-order valence-corrected chi connectivity index (χ4v) is 2.62. The zero-order valence-corrected chi connectivity index (χ0v) is 11.2. The van der Waals surface area contributed by atoms with Gasteiger partial charge in [0.05, 0.1) is 0 Å². The number of anilines is 1. The molecule has 0 bridgehead atoms. The van der Waals surface area contributed by atoms with Gasteiger partial charge in [0, 0.05) is 13.1 Å². The Labute approximate surface area is 123 Å². The number of aromatic nitrogens is 4. The summed E-state index contributed by atoms with van der Waals surface area (Å²) < 4.78 is 39.4. The largest absolute Gasteiger partial charge is 0.453 e. The van der Waals surface area contributed by atoms with Crippen LogP contribution in [0.4, 0.5) is 19.0 Å². The molecular weight excluding hydrogens is 295 g/mol. The molecule has 4 rings (SSSR count). The molecule has 8 heteroatoms. The number of halogens is 3. The molecule has 0 saturated heterocycles. The van der Waals surface area contributed by atoms with Crippen molar-refractivity contribution in [1.29, 1.82) is 0 Å². The first-order valence-electron chi connectivity index (χ1n) is 6.64. The van der Waals surface area contributed by atoms with E-state index in [1.54, 1.807) is 6.07 Å². The van der Waals surface area contributed by atoms with Crippen LogP contribution in [0.25, 0.3) is 5.65 Å². The van der Waals surface area contributed by atoms with Crippen LogP contribution in [0.3, 0.4) is 0 Å². The van der Waals surface area contributed by atoms with Crippen molar-refractivity contribution in [3.63, 3.8) is 0 Å². The molecule has 0 N–H and O–H groups in total. The second-order valence-corrected chi connectivity index (χ2v) is 5.11. The molecule has 0 fully saturated rings. The van der Waals surface area contributed by atoms with Gasteiger partial charge >= 0.3 is 6.18 Å². The van der Waals surface area contributed by atoms with E-state index in [-0.39, 0.29) is 5.65 Å². The Hall–Kier alpha value is -2.64. The first-order valence-corrected chi connectivity index (χ1v) is 6.64. The minimum absolute atomic E-state index is 0.0767. The molecule has 0 aliphatic carbocycles. The number of rotatable bonds is 1. The lowest BCUT2D eigenvalue weighted by atomic mass is 10.1. The van der Waals surface area contributed by atoms with Gasteiger partial charge in [0.15, 0.2) is 5.65 Å². The third-order valence-electron chi connectivity index (χ3n) is 3.67. The molecule has 22 heavy (non-hydrogen) atoms. The van der Waals surface area contributed by atoms with Crippen LogP contribution in [0.15, 0.2) is 36.4 Å². The highest BCUT2D eigenvalue weighted by atomic mass is 19.4. The highest BCUT2D eigenvalue weighted by Gasteiger charge is 2.37. The van der Waals surface area contributed by atoms with Crippen LogP contribution in [0.2, 0.25) is 0 Å². The Bertz CT molecular complexity index is 830. The van der Waals surface area contributed by atoms with E-state index < -0.39 is 12.0 Å². The fraction of sp³-hybridized carbons (Fsp3) is 0.214. The smallest absolute Gasteiger partial charge is 0.346 e. The van der Waals surface area contributed by atoms with Crippen molar-refractivity contribution in [3.05, 3.63) is 53.3 Å². The summed E-state index contributed by atoms with van der Waals surface area (Å²) in [5.74, 6) is -0.643. The number of hydrogen-bond donors (Lipinski definition) is 0. The summed E-state index contributed by atoms with van der Waals surface area (Å²) in [6.07, 6.45) is -4.58. The summed E-state index contributed by atoms with van der Waals surface area (Å²) in [5.41, 5.74) is 2.39. The van der Waals surface area contributed by atoms with Gasteiger partial charge in [-0.1, -0.05) is 24.3 Å². The first kappa shape index (κ1) is 13.1. The van der Waals surface area contributed by atoms with Crippen molar-refractivity contribution in [2.24, 2.45) is 0 Å². The van der Waals surface area contributed by atoms with Crippen LogP contribution in [-0.2, 0) is 19.3 Å². The number of benzene rings is 1. The predicted octanol–water partition coefficient (Wildman–Crippen LogP) is 2.66. The summed E-state index contributed by atoms with van der Waals surface area (Å²) in [4.78, 5) is 1.92. The molecular formula is C14H10F3N5. The number of hydrogen-bond acceptors (Lipinski definition) is 4. The van der Waals surface area contributed by atoms with E-state index in [2.05, 4.69) is 15.3 Å². The van der Waals surface area contributed by atoms with Gasteiger partial charge in [0.1, 0.15) is 5.82 Å². The Morgan fingerprint density at radius 2 is 1.59 bits per heavy atom. The van der Waals surface area contributed by atoms with Gasteiger partial charge < -0.3 is 4.90 Å². The monoisotopic (exact) mass is 305 g/mol. The molecule has 0 amide bonds. The molecule has 1 aliphatic heterocycles. The summed E-state index contributed by atoms with van der Waals surface area (Å²) in [6.45, 7) is 1.25. The Kier molecular flexibility index (Phi) is 2.63. The molecule has 3 aromatic rings. The predicted molar refractivity (Wildman–Crippen MR) is 72.1 cm³/mol. The van der Waals surface area contributed by atoms with Gasteiger partial charge in [-0.3, -0.25) is 0 Å². The van der Waals surface area contributed by atoms with E-state index in [4.69, 9.17) is 0 Å². The second kappa shape index (κ2) is 4.43. The van der Waals surface area contributed by atoms with Gasteiger partial charge in [0.2, 0.25) is 0 Å². The van der Waals surface area contributed by atoms with Gasteiger partial charge in [-0.2, -0.15) is 17.7 Å². The minimum Gasteiger partial charge on any atom is -0.346 e. The highest BCUT2D eigenvalue weighted by molar-refractivity contribution is 5.50. The molecule has 0 saturated carbocycles. The molecule has 1 aliphatic rings. The third-order valence-corrected chi connectivity index (χ3v) is 3.67. The number of alkyl halides is 3. The highest BCUT2D eigenvalue weighted by Crippen LogP contribution is 2.30. The second-order valence-electron chi connectivity index (χ2n) is 5.11. The van der Waals surface area contributed by atoms with Crippen LogP contribution in [0.1, 0.15) is 17.0 Å². The maximum Gasteiger partial charge on any atom is 0.453 e. The lowest BCUT2D eigenvalue weighted by molar-refractivity contribution is -0.146. The average molecular weight is 305 g/mol. The normalized spacial score (nSPS) is 14.6. The van der Waals surface area contributed by atoms with E-state index in [0.717, 1.165) is 15.6 Å². The molecule has 1 aromatic carbocycles. The van der Waals surface area contributed by atoms with Gasteiger partial charge in [-0.25, -0.2) is 0 Å². The zero-order chi connectivity index (χ0) is 15.3. The number of nitrogens with zero attached hydrogens (tertiary/aromatic N) is 5. The van der Waals surface area contributed by atoms with Gasteiger partial charge in [-0.15, -0.1) is 15.3 Å². The number of fused-ring (bicyclic) bond motifs is 2. The van der Waals surface area contributed by atoms with E-state index in [0.29, 0.717) is 18.9 Å². The lowest BCUT2D eigenvalue weighted by Gasteiger charge is -2.16. The SMILES string of the molecule is FC(F)(F)c1nnc2ccc(N3Cc4ccccc4C3)nn12. The maximum atomic E-state index is 12.9. The van der Waals surface area contributed by atoms with Gasteiger partial charge in [0.25, 0.3) is 5.82 Å². The molecule has 3 heterocycles. The summed E-state index contributed by atoms with van der Waals surface area (Å²) in [5, 5.41) is 10.7. The van der Waals surface area contributed by atoms with Crippen LogP contribution in [0.5, 0.6) is 0 Å². The van der Waals surface area contributed by atoms with Crippen molar-refractivity contribution in [3.8, 4) is 0 Å². The topological polar surface area (TPSA) is 46.3 Å². The van der Waals surface area contributed by atoms with Crippen molar-refractivity contribution in [2.45, 2.75) is 19.3 Å². The van der Waals surface area contributed by atoms with Crippen LogP contribution >= 0.6 is 0 Å². The molecule has 0 atom stereocenters. The van der Waals surface area contributed by atoms with E-state index in [1.807, 2.05) is 29.2 Å². The fourth-order valence-electron chi connectivity index (χ4n) is 2.62. The van der Waals surface area contributed by atoms with E-state index in [9.17, 15) is 13.2 Å². The van der Waals surface area contributed by atoms with E-state index in [1.165, 1.54) is 6.07 Å². The minimum atomic E-state index is -4.58. The molecule has 112 valence electrons. The lowest BCUT2D eigenvalue weighted by Crippen LogP contribution is -2.19. The molecule has 0 spiro atoms. The molecule has 5 nitrogen and oxygen atoms in total. The maximum absolute atomic E-state index is 12.9. The Morgan fingerprint density at radius 1 is 0.909 bits per heavy atom. The average Bonchev–Trinajstić information content (AvgIpc) is 3.09. The summed E-state index contributed by atoms with van der Waals surface area (Å²) in [7, 11) is 0. The molecule has 2 aromatic heterocycles. The molecule has 0 radical (unpaired) electrons. The quantitative estimate of drug-likeness (QED) is 0.693. The van der Waals surface area contributed by atoms with Crippen molar-refractivity contribution in [2.75, 3.05) is 4.90 Å². The zero-order valence-electron chi connectivity index (χ0n) is 11.2. The van der Waals surface area contributed by atoms with Crippen LogP contribution < -0.4 is 4.90 Å². The van der Waals surface area contributed by atoms with E-state index >= 15 is 0 Å². The van der Waals surface area contributed by atoms with Crippen molar-refractivity contribution >= 4 is 11.5 Å². The first-order chi connectivity index (χ1) is 10.5. The van der Waals surface area contributed by atoms with Gasteiger partial charge in [-0.05, 0) is 23.3 Å².